The standard InChI is InChI=1S/C9H19NO2/c1-7(2)5-10-4-3-8(11)9(12)6-10/h7-9,11-12H,3-6H2,1-2H3. The molecule has 1 rings (SSSR count). The second kappa shape index (κ2) is 4.21. The number of nitrogens with zero attached hydrogens (tertiary/aromatic N) is 1. The van der Waals surface area contributed by atoms with E-state index in [1.54, 1.807) is 0 Å². The van der Waals surface area contributed by atoms with Crippen molar-refractivity contribution in [2.75, 3.05) is 19.6 Å². The number of rotatable bonds is 2. The molecule has 2 atom stereocenters. The van der Waals surface area contributed by atoms with Crippen LogP contribution >= 0.6 is 0 Å². The summed E-state index contributed by atoms with van der Waals surface area (Å²) < 4.78 is 0. The first-order valence-corrected chi connectivity index (χ1v) is 4.68. The predicted molar refractivity (Wildman–Crippen MR) is 47.9 cm³/mol. The first-order valence-electron chi connectivity index (χ1n) is 4.68. The molecule has 2 unspecified atom stereocenters. The van der Waals surface area contributed by atoms with Crippen molar-refractivity contribution in [3.8, 4) is 0 Å². The van der Waals surface area contributed by atoms with Gasteiger partial charge in [-0.1, -0.05) is 13.8 Å². The molecule has 1 aliphatic heterocycles. The van der Waals surface area contributed by atoms with Gasteiger partial charge >= 0.3 is 0 Å². The minimum Gasteiger partial charge on any atom is -0.390 e. The molecule has 2 N–H and O–H groups in total. The van der Waals surface area contributed by atoms with Gasteiger partial charge in [0, 0.05) is 19.6 Å². The van der Waals surface area contributed by atoms with Crippen LogP contribution in [-0.2, 0) is 0 Å². The third-order valence-electron chi connectivity index (χ3n) is 2.25. The van der Waals surface area contributed by atoms with Crippen LogP contribution in [0, 0.1) is 5.92 Å². The summed E-state index contributed by atoms with van der Waals surface area (Å²) in [6.45, 7) is 6.88. The summed E-state index contributed by atoms with van der Waals surface area (Å²) in [6, 6.07) is 0. The van der Waals surface area contributed by atoms with E-state index < -0.39 is 12.2 Å². The van der Waals surface area contributed by atoms with Crippen molar-refractivity contribution in [3.63, 3.8) is 0 Å². The Kier molecular flexibility index (Phi) is 3.50. The largest absolute Gasteiger partial charge is 0.390 e. The number of β-amino-alcohol motifs (C(OH)–C–C–N with tert-alkyl or cyclic N) is 1. The number of hydrogen-bond acceptors (Lipinski definition) is 3. The predicted octanol–water partition coefficient (Wildman–Crippen LogP) is 0.0699. The summed E-state index contributed by atoms with van der Waals surface area (Å²) in [7, 11) is 0. The van der Waals surface area contributed by atoms with E-state index in [4.69, 9.17) is 0 Å². The molecule has 0 spiro atoms. The minimum atomic E-state index is -0.544. The van der Waals surface area contributed by atoms with E-state index in [9.17, 15) is 10.2 Å². The molecule has 0 aromatic rings. The normalized spacial score (nSPS) is 32.8. The van der Waals surface area contributed by atoms with Crippen LogP contribution in [0.25, 0.3) is 0 Å². The van der Waals surface area contributed by atoms with Crippen molar-refractivity contribution >= 4 is 0 Å². The fourth-order valence-electron chi connectivity index (χ4n) is 1.67. The molecule has 3 nitrogen and oxygen atoms in total. The summed E-state index contributed by atoms with van der Waals surface area (Å²) >= 11 is 0. The molecule has 0 aliphatic carbocycles. The lowest BCUT2D eigenvalue weighted by Gasteiger charge is -2.34. The lowest BCUT2D eigenvalue weighted by molar-refractivity contribution is -0.0405. The monoisotopic (exact) mass is 173 g/mol. The highest BCUT2D eigenvalue weighted by Gasteiger charge is 2.25. The quantitative estimate of drug-likeness (QED) is 0.621. The minimum absolute atomic E-state index is 0.506. The molecular weight excluding hydrogens is 154 g/mol. The number of aliphatic hydroxyl groups excluding tert-OH is 2. The van der Waals surface area contributed by atoms with Crippen molar-refractivity contribution in [1.29, 1.82) is 0 Å². The number of piperidine rings is 1. The van der Waals surface area contributed by atoms with E-state index in [1.165, 1.54) is 0 Å². The van der Waals surface area contributed by atoms with E-state index in [-0.39, 0.29) is 0 Å². The molecule has 0 aromatic carbocycles. The number of likely N-dealkylation sites (tertiary alicyclic amines) is 1. The van der Waals surface area contributed by atoms with Gasteiger partial charge in [-0.05, 0) is 12.3 Å². The molecule has 3 heteroatoms. The van der Waals surface area contributed by atoms with E-state index in [0.717, 1.165) is 13.1 Å². The van der Waals surface area contributed by atoms with E-state index in [0.29, 0.717) is 18.9 Å². The van der Waals surface area contributed by atoms with E-state index >= 15 is 0 Å². The second-order valence-corrected chi connectivity index (χ2v) is 4.08. The highest BCUT2D eigenvalue weighted by molar-refractivity contribution is 4.79. The highest BCUT2D eigenvalue weighted by atomic mass is 16.3. The van der Waals surface area contributed by atoms with Crippen molar-refractivity contribution in [2.24, 2.45) is 5.92 Å². The average Bonchev–Trinajstić information content (AvgIpc) is 1.96. The van der Waals surface area contributed by atoms with Crippen LogP contribution < -0.4 is 0 Å². The van der Waals surface area contributed by atoms with Crippen molar-refractivity contribution in [3.05, 3.63) is 0 Å². The maximum atomic E-state index is 9.37. The van der Waals surface area contributed by atoms with Crippen LogP contribution in [0.2, 0.25) is 0 Å². The summed E-state index contributed by atoms with van der Waals surface area (Å²) in [5, 5.41) is 18.6. The maximum absolute atomic E-state index is 9.37. The third kappa shape index (κ3) is 2.73. The van der Waals surface area contributed by atoms with Crippen molar-refractivity contribution < 1.29 is 10.2 Å². The van der Waals surface area contributed by atoms with Gasteiger partial charge in [0.1, 0.15) is 0 Å². The molecular formula is C9H19NO2. The molecule has 1 aliphatic rings. The van der Waals surface area contributed by atoms with Crippen LogP contribution in [0.4, 0.5) is 0 Å². The molecule has 0 bridgehead atoms. The summed E-state index contributed by atoms with van der Waals surface area (Å²) in [5.74, 6) is 0.632. The fraction of sp³-hybridized carbons (Fsp3) is 1.00. The molecule has 0 aromatic heterocycles. The molecule has 12 heavy (non-hydrogen) atoms. The van der Waals surface area contributed by atoms with Gasteiger partial charge in [-0.2, -0.15) is 0 Å². The van der Waals surface area contributed by atoms with Crippen LogP contribution in [0.5, 0.6) is 0 Å². The molecule has 0 radical (unpaired) electrons. The zero-order chi connectivity index (χ0) is 9.14. The van der Waals surface area contributed by atoms with Crippen LogP contribution in [0.3, 0.4) is 0 Å². The van der Waals surface area contributed by atoms with Gasteiger partial charge in [0.25, 0.3) is 0 Å². The van der Waals surface area contributed by atoms with Gasteiger partial charge in [0.2, 0.25) is 0 Å². The molecule has 1 fully saturated rings. The van der Waals surface area contributed by atoms with Gasteiger partial charge in [0.05, 0.1) is 12.2 Å². The fourth-order valence-corrected chi connectivity index (χ4v) is 1.67. The summed E-state index contributed by atoms with van der Waals surface area (Å²) in [4.78, 5) is 2.21. The second-order valence-electron chi connectivity index (χ2n) is 4.08. The smallest absolute Gasteiger partial charge is 0.0926 e. The Bertz CT molecular complexity index is 138. The molecule has 0 saturated carbocycles. The Hall–Kier alpha value is -0.120. The van der Waals surface area contributed by atoms with Crippen molar-refractivity contribution in [1.82, 2.24) is 4.90 Å². The summed E-state index contributed by atoms with van der Waals surface area (Å²) in [6.07, 6.45) is -0.348. The SMILES string of the molecule is CC(C)CN1CCC(O)C(O)C1. The number of aliphatic hydroxyl groups is 2. The van der Waals surface area contributed by atoms with Gasteiger partial charge in [-0.15, -0.1) is 0 Å². The Morgan fingerprint density at radius 3 is 2.50 bits per heavy atom. The van der Waals surface area contributed by atoms with Crippen LogP contribution in [-0.4, -0.2) is 47.0 Å². The van der Waals surface area contributed by atoms with E-state index in [2.05, 4.69) is 18.7 Å². The van der Waals surface area contributed by atoms with Gasteiger partial charge < -0.3 is 15.1 Å². The van der Waals surface area contributed by atoms with E-state index in [1.807, 2.05) is 0 Å². The zero-order valence-corrected chi connectivity index (χ0v) is 7.90. The Labute approximate surface area is 74.0 Å². The van der Waals surface area contributed by atoms with Crippen molar-refractivity contribution in [2.45, 2.75) is 32.5 Å². The zero-order valence-electron chi connectivity index (χ0n) is 7.90. The Morgan fingerprint density at radius 1 is 1.33 bits per heavy atom. The molecule has 0 amide bonds. The topological polar surface area (TPSA) is 43.7 Å². The first-order chi connectivity index (χ1) is 5.59. The Morgan fingerprint density at radius 2 is 2.00 bits per heavy atom. The molecule has 1 saturated heterocycles. The lowest BCUT2D eigenvalue weighted by atomic mass is 10.0. The number of hydrogen-bond donors (Lipinski definition) is 2. The first kappa shape index (κ1) is 9.96. The maximum Gasteiger partial charge on any atom is 0.0926 e. The van der Waals surface area contributed by atoms with Gasteiger partial charge in [-0.3, -0.25) is 0 Å². The average molecular weight is 173 g/mol. The molecule has 1 heterocycles. The van der Waals surface area contributed by atoms with Gasteiger partial charge in [0.15, 0.2) is 0 Å². The molecule has 72 valence electrons. The lowest BCUT2D eigenvalue weighted by Crippen LogP contribution is -2.47. The highest BCUT2D eigenvalue weighted by Crippen LogP contribution is 2.12. The van der Waals surface area contributed by atoms with Crippen LogP contribution in [0.15, 0.2) is 0 Å². The third-order valence-corrected chi connectivity index (χ3v) is 2.25. The van der Waals surface area contributed by atoms with Gasteiger partial charge in [-0.25, -0.2) is 0 Å². The van der Waals surface area contributed by atoms with Crippen LogP contribution in [0.1, 0.15) is 20.3 Å². The summed E-state index contributed by atoms with van der Waals surface area (Å²) in [5.41, 5.74) is 0. The Balaban J connectivity index is 2.30.